The predicted molar refractivity (Wildman–Crippen MR) is 73.5 cm³/mol. The predicted octanol–water partition coefficient (Wildman–Crippen LogP) is 1.17. The van der Waals surface area contributed by atoms with Crippen LogP contribution in [0.2, 0.25) is 0 Å². The lowest BCUT2D eigenvalue weighted by atomic mass is 10.0. The zero-order chi connectivity index (χ0) is 15.0. The lowest BCUT2D eigenvalue weighted by Gasteiger charge is -2.35. The van der Waals surface area contributed by atoms with Crippen molar-refractivity contribution in [3.63, 3.8) is 0 Å². The van der Waals surface area contributed by atoms with E-state index < -0.39 is 10.0 Å². The fraction of sp³-hybridized carbons (Fsp3) is 0.385. The standard InChI is InChI=1S/C13H15N3O4S/c1-9-14-13(20-15-9)10-7-16(8-10)21(17,18)12-5-3-4-11(6-12)19-2/h3-6,10H,7-8H2,1-2H3. The summed E-state index contributed by atoms with van der Waals surface area (Å²) in [5.74, 6) is 1.52. The van der Waals surface area contributed by atoms with Gasteiger partial charge in [0.25, 0.3) is 0 Å². The van der Waals surface area contributed by atoms with Crippen molar-refractivity contribution in [2.24, 2.45) is 0 Å². The second-order valence-electron chi connectivity index (χ2n) is 4.88. The van der Waals surface area contributed by atoms with Crippen LogP contribution in [0.5, 0.6) is 5.75 Å². The number of hydrogen-bond donors (Lipinski definition) is 0. The highest BCUT2D eigenvalue weighted by Crippen LogP contribution is 2.31. The van der Waals surface area contributed by atoms with E-state index in [1.807, 2.05) is 0 Å². The molecule has 1 aromatic heterocycles. The Balaban J connectivity index is 1.75. The minimum Gasteiger partial charge on any atom is -0.497 e. The number of hydrogen-bond acceptors (Lipinski definition) is 6. The summed E-state index contributed by atoms with van der Waals surface area (Å²) < 4.78 is 36.5. The Morgan fingerprint density at radius 3 is 2.76 bits per heavy atom. The molecular weight excluding hydrogens is 294 g/mol. The summed E-state index contributed by atoms with van der Waals surface area (Å²) in [4.78, 5) is 4.35. The zero-order valence-electron chi connectivity index (χ0n) is 11.7. The van der Waals surface area contributed by atoms with Gasteiger partial charge in [0.15, 0.2) is 5.82 Å². The molecule has 112 valence electrons. The molecule has 0 N–H and O–H groups in total. The molecule has 2 heterocycles. The molecule has 7 nitrogen and oxygen atoms in total. The SMILES string of the molecule is COc1cccc(S(=O)(=O)N2CC(c3nc(C)no3)C2)c1. The molecule has 0 atom stereocenters. The number of sulfonamides is 1. The van der Waals surface area contributed by atoms with Crippen molar-refractivity contribution in [2.45, 2.75) is 17.7 Å². The molecule has 21 heavy (non-hydrogen) atoms. The van der Waals surface area contributed by atoms with E-state index in [1.165, 1.54) is 17.5 Å². The van der Waals surface area contributed by atoms with Crippen LogP contribution < -0.4 is 4.74 Å². The Bertz CT molecular complexity index is 750. The normalized spacial score (nSPS) is 16.7. The van der Waals surface area contributed by atoms with Crippen molar-refractivity contribution < 1.29 is 17.7 Å². The molecule has 0 amide bonds. The van der Waals surface area contributed by atoms with Gasteiger partial charge < -0.3 is 9.26 Å². The summed E-state index contributed by atoms with van der Waals surface area (Å²) in [6.07, 6.45) is 0. The summed E-state index contributed by atoms with van der Waals surface area (Å²) in [5, 5.41) is 3.72. The first-order valence-corrected chi connectivity index (χ1v) is 7.89. The largest absolute Gasteiger partial charge is 0.497 e. The van der Waals surface area contributed by atoms with E-state index in [9.17, 15) is 8.42 Å². The molecule has 0 radical (unpaired) electrons. The highest BCUT2D eigenvalue weighted by Gasteiger charge is 2.40. The molecule has 0 bridgehead atoms. The maximum atomic E-state index is 12.5. The van der Waals surface area contributed by atoms with Crippen molar-refractivity contribution >= 4 is 10.0 Å². The van der Waals surface area contributed by atoms with E-state index in [4.69, 9.17) is 9.26 Å². The van der Waals surface area contributed by atoms with Crippen LogP contribution in [0.1, 0.15) is 17.6 Å². The molecule has 2 aromatic rings. The third-order valence-electron chi connectivity index (χ3n) is 3.42. The molecular formula is C13H15N3O4S. The maximum absolute atomic E-state index is 12.5. The number of ether oxygens (including phenoxy) is 1. The third-order valence-corrected chi connectivity index (χ3v) is 5.25. The van der Waals surface area contributed by atoms with Gasteiger partial charge in [-0.2, -0.15) is 9.29 Å². The molecule has 1 fully saturated rings. The average molecular weight is 309 g/mol. The molecule has 0 unspecified atom stereocenters. The van der Waals surface area contributed by atoms with Crippen LogP contribution in [0.25, 0.3) is 0 Å². The van der Waals surface area contributed by atoms with Gasteiger partial charge in [-0.15, -0.1) is 0 Å². The van der Waals surface area contributed by atoms with Crippen LogP contribution in [0.4, 0.5) is 0 Å². The fourth-order valence-corrected chi connectivity index (χ4v) is 3.75. The summed E-state index contributed by atoms with van der Waals surface area (Å²) in [6.45, 7) is 2.43. The number of aromatic nitrogens is 2. The fourth-order valence-electron chi connectivity index (χ4n) is 2.18. The second-order valence-corrected chi connectivity index (χ2v) is 6.82. The van der Waals surface area contributed by atoms with Gasteiger partial charge in [-0.25, -0.2) is 8.42 Å². The van der Waals surface area contributed by atoms with E-state index in [1.54, 1.807) is 25.1 Å². The lowest BCUT2D eigenvalue weighted by Crippen LogP contribution is -2.48. The molecule has 1 aromatic carbocycles. The van der Waals surface area contributed by atoms with Crippen molar-refractivity contribution in [2.75, 3.05) is 20.2 Å². The summed E-state index contributed by atoms with van der Waals surface area (Å²) in [6, 6.07) is 6.44. The molecule has 1 aliphatic rings. The lowest BCUT2D eigenvalue weighted by molar-refractivity contribution is 0.216. The Kier molecular flexibility index (Phi) is 3.42. The van der Waals surface area contributed by atoms with Crippen molar-refractivity contribution in [1.82, 2.24) is 14.4 Å². The zero-order valence-corrected chi connectivity index (χ0v) is 12.5. The summed E-state index contributed by atoms with van der Waals surface area (Å²) >= 11 is 0. The Labute approximate surface area is 122 Å². The second kappa shape index (κ2) is 5.12. The monoisotopic (exact) mass is 309 g/mol. The van der Waals surface area contributed by atoms with Crippen LogP contribution in [-0.2, 0) is 10.0 Å². The van der Waals surface area contributed by atoms with Crippen LogP contribution in [0.15, 0.2) is 33.7 Å². The van der Waals surface area contributed by atoms with E-state index in [-0.39, 0.29) is 10.8 Å². The van der Waals surface area contributed by atoms with Crippen LogP contribution in [0.3, 0.4) is 0 Å². The first-order chi connectivity index (χ1) is 10.0. The molecule has 0 saturated carbocycles. The van der Waals surface area contributed by atoms with Crippen LogP contribution in [0, 0.1) is 6.92 Å². The number of aryl methyl sites for hydroxylation is 1. The first-order valence-electron chi connectivity index (χ1n) is 6.45. The Morgan fingerprint density at radius 1 is 1.38 bits per heavy atom. The van der Waals surface area contributed by atoms with E-state index >= 15 is 0 Å². The van der Waals surface area contributed by atoms with E-state index in [0.29, 0.717) is 30.6 Å². The highest BCUT2D eigenvalue weighted by molar-refractivity contribution is 7.89. The van der Waals surface area contributed by atoms with E-state index in [0.717, 1.165) is 0 Å². The molecule has 0 spiro atoms. The van der Waals surface area contributed by atoms with Gasteiger partial charge in [0.2, 0.25) is 15.9 Å². The topological polar surface area (TPSA) is 85.5 Å². The Hall–Kier alpha value is -1.93. The van der Waals surface area contributed by atoms with Gasteiger partial charge in [0, 0.05) is 19.2 Å². The third kappa shape index (κ3) is 2.52. The minimum absolute atomic E-state index is 0.0356. The van der Waals surface area contributed by atoms with Crippen molar-refractivity contribution in [1.29, 1.82) is 0 Å². The summed E-state index contributed by atoms with van der Waals surface area (Å²) in [5.41, 5.74) is 0. The quantitative estimate of drug-likeness (QED) is 0.843. The Morgan fingerprint density at radius 2 is 2.14 bits per heavy atom. The average Bonchev–Trinajstić information content (AvgIpc) is 2.83. The molecule has 1 saturated heterocycles. The van der Waals surface area contributed by atoms with Gasteiger partial charge in [0.05, 0.1) is 17.9 Å². The van der Waals surface area contributed by atoms with Gasteiger partial charge in [-0.1, -0.05) is 11.2 Å². The number of rotatable bonds is 4. The molecule has 8 heteroatoms. The van der Waals surface area contributed by atoms with Crippen LogP contribution >= 0.6 is 0 Å². The molecule has 1 aliphatic heterocycles. The number of nitrogens with zero attached hydrogens (tertiary/aromatic N) is 3. The maximum Gasteiger partial charge on any atom is 0.243 e. The van der Waals surface area contributed by atoms with Gasteiger partial charge in [-0.3, -0.25) is 0 Å². The highest BCUT2D eigenvalue weighted by atomic mass is 32.2. The number of benzene rings is 1. The van der Waals surface area contributed by atoms with Crippen molar-refractivity contribution in [3.8, 4) is 5.75 Å². The number of methoxy groups -OCH3 is 1. The first kappa shape index (κ1) is 14.0. The van der Waals surface area contributed by atoms with E-state index in [2.05, 4.69) is 10.1 Å². The summed E-state index contributed by atoms with van der Waals surface area (Å²) in [7, 11) is -2.00. The van der Waals surface area contributed by atoms with Gasteiger partial charge in [-0.05, 0) is 19.1 Å². The smallest absolute Gasteiger partial charge is 0.243 e. The van der Waals surface area contributed by atoms with Gasteiger partial charge in [0.1, 0.15) is 5.75 Å². The van der Waals surface area contributed by atoms with Crippen LogP contribution in [-0.4, -0.2) is 43.1 Å². The van der Waals surface area contributed by atoms with Crippen molar-refractivity contribution in [3.05, 3.63) is 36.0 Å². The minimum atomic E-state index is -3.51. The molecule has 3 rings (SSSR count). The molecule has 0 aliphatic carbocycles. The van der Waals surface area contributed by atoms with Gasteiger partial charge >= 0.3 is 0 Å².